The van der Waals surface area contributed by atoms with E-state index in [1.54, 1.807) is 30.6 Å². The Kier molecular flexibility index (Phi) is 7.90. The number of rotatable bonds is 9. The van der Waals surface area contributed by atoms with Crippen molar-refractivity contribution < 1.29 is 28.2 Å². The minimum absolute atomic E-state index is 0.0563. The van der Waals surface area contributed by atoms with Gasteiger partial charge in [-0.3, -0.25) is 4.79 Å². The molecule has 10 heteroatoms. The fourth-order valence-electron chi connectivity index (χ4n) is 6.96. The number of aryl methyl sites for hydroxylation is 1. The maximum absolute atomic E-state index is 13.1. The van der Waals surface area contributed by atoms with E-state index >= 15 is 0 Å². The summed E-state index contributed by atoms with van der Waals surface area (Å²) in [5.74, 6) is 0.929. The Morgan fingerprint density at radius 2 is 1.86 bits per heavy atom. The van der Waals surface area contributed by atoms with E-state index in [1.165, 1.54) is 13.2 Å². The number of aromatic nitrogens is 4. The Balaban J connectivity index is 1.24. The van der Waals surface area contributed by atoms with Crippen LogP contribution in [0.25, 0.3) is 16.8 Å². The predicted molar refractivity (Wildman–Crippen MR) is 151 cm³/mol. The highest BCUT2D eigenvalue weighted by molar-refractivity contribution is 5.73. The number of alkyl halides is 2. The molecule has 3 aromatic heterocycles. The van der Waals surface area contributed by atoms with Gasteiger partial charge in [-0.05, 0) is 55.7 Å². The van der Waals surface area contributed by atoms with Gasteiger partial charge in [0.2, 0.25) is 0 Å². The van der Waals surface area contributed by atoms with Gasteiger partial charge >= 0.3 is 12.6 Å². The molecule has 2 aliphatic rings. The molecule has 0 aliphatic heterocycles. The van der Waals surface area contributed by atoms with Crippen molar-refractivity contribution in [2.24, 2.45) is 17.8 Å². The first-order valence-corrected chi connectivity index (χ1v) is 14.5. The standard InChI is InChI=1S/C32H34F2N4O4/c1-3-18-8-9-19(28(18)31(40)41-2)10-12-26-35-15-21(16-36-26)20-11-13-27-37-29-24(39)14-23(30(29)38(27)17-20)22-6-4-5-7-25(22)42-32(33)34/h4-7,11,13,15-19,23-24,28,32,39H,3,8-10,12,14H2,1-2H3/t18?,19?,23-,24-,28?/m1/s1. The van der Waals surface area contributed by atoms with Crippen LogP contribution in [0.1, 0.15) is 73.8 Å². The van der Waals surface area contributed by atoms with Crippen molar-refractivity contribution in [1.29, 1.82) is 0 Å². The van der Waals surface area contributed by atoms with Gasteiger partial charge in [0, 0.05) is 47.6 Å². The largest absolute Gasteiger partial charge is 0.469 e. The number of halogens is 2. The van der Waals surface area contributed by atoms with Crippen molar-refractivity contribution in [1.82, 2.24) is 19.4 Å². The lowest BCUT2D eigenvalue weighted by atomic mass is 9.85. The molecule has 0 amide bonds. The number of carbonyl (C=O) groups excluding carboxylic acids is 1. The molecule has 0 bridgehead atoms. The predicted octanol–water partition coefficient (Wildman–Crippen LogP) is 6.12. The van der Waals surface area contributed by atoms with E-state index in [4.69, 9.17) is 9.47 Å². The first-order chi connectivity index (χ1) is 20.4. The van der Waals surface area contributed by atoms with Crippen LogP contribution in [0.4, 0.5) is 8.78 Å². The van der Waals surface area contributed by atoms with Crippen LogP contribution in [0.5, 0.6) is 5.75 Å². The lowest BCUT2D eigenvalue weighted by molar-refractivity contribution is -0.148. The molecule has 0 saturated heterocycles. The third-order valence-electron chi connectivity index (χ3n) is 9.00. The summed E-state index contributed by atoms with van der Waals surface area (Å²) in [7, 11) is 1.46. The van der Waals surface area contributed by atoms with E-state index < -0.39 is 12.7 Å². The van der Waals surface area contributed by atoms with E-state index in [2.05, 4.69) is 21.9 Å². The number of methoxy groups -OCH3 is 1. The monoisotopic (exact) mass is 576 g/mol. The number of hydrogen-bond donors (Lipinski definition) is 1. The van der Waals surface area contributed by atoms with Crippen molar-refractivity contribution in [3.63, 3.8) is 0 Å². The van der Waals surface area contributed by atoms with Crippen LogP contribution in [0.3, 0.4) is 0 Å². The zero-order valence-corrected chi connectivity index (χ0v) is 23.6. The van der Waals surface area contributed by atoms with Gasteiger partial charge in [-0.2, -0.15) is 8.78 Å². The molecule has 3 unspecified atom stereocenters. The number of carbonyl (C=O) groups is 1. The molecule has 6 rings (SSSR count). The van der Waals surface area contributed by atoms with Crippen LogP contribution in [-0.2, 0) is 16.0 Å². The Bertz CT molecular complexity index is 1570. The van der Waals surface area contributed by atoms with Crippen molar-refractivity contribution >= 4 is 11.6 Å². The summed E-state index contributed by atoms with van der Waals surface area (Å²) in [6.07, 6.45) is 9.56. The van der Waals surface area contributed by atoms with Crippen LogP contribution in [0, 0.1) is 17.8 Å². The number of ether oxygens (including phenoxy) is 2. The number of fused-ring (bicyclic) bond motifs is 3. The summed E-state index contributed by atoms with van der Waals surface area (Å²) in [6, 6.07) is 10.5. The van der Waals surface area contributed by atoms with Gasteiger partial charge in [-0.15, -0.1) is 0 Å². The number of imidazole rings is 1. The van der Waals surface area contributed by atoms with Gasteiger partial charge in [0.05, 0.1) is 30.5 Å². The second-order valence-electron chi connectivity index (χ2n) is 11.2. The minimum Gasteiger partial charge on any atom is -0.469 e. The van der Waals surface area contributed by atoms with Crippen LogP contribution in [0.15, 0.2) is 55.0 Å². The SMILES string of the molecule is CCC1CCC(CCc2ncc(-c3ccc4nc5c(n4c3)[C@@H](c3ccccc3OC(F)F)C[C@H]5O)cn2)C1C(=O)OC. The van der Waals surface area contributed by atoms with Crippen LogP contribution in [-0.4, -0.2) is 44.1 Å². The summed E-state index contributed by atoms with van der Waals surface area (Å²) in [6.45, 7) is -0.821. The van der Waals surface area contributed by atoms with Gasteiger partial charge in [0.25, 0.3) is 0 Å². The van der Waals surface area contributed by atoms with Gasteiger partial charge in [-0.1, -0.05) is 31.5 Å². The van der Waals surface area contributed by atoms with Crippen molar-refractivity contribution in [3.05, 3.63) is 77.8 Å². The highest BCUT2D eigenvalue weighted by atomic mass is 19.3. The molecule has 0 radical (unpaired) electrons. The highest BCUT2D eigenvalue weighted by Crippen LogP contribution is 2.47. The fraction of sp³-hybridized carbons (Fsp3) is 0.438. The second-order valence-corrected chi connectivity index (χ2v) is 11.2. The van der Waals surface area contributed by atoms with E-state index in [9.17, 15) is 18.7 Å². The Hall–Kier alpha value is -3.92. The summed E-state index contributed by atoms with van der Waals surface area (Å²) < 4.78 is 38.1. The Labute approximate surface area is 242 Å². The van der Waals surface area contributed by atoms with Crippen molar-refractivity contribution in [2.75, 3.05) is 7.11 Å². The maximum Gasteiger partial charge on any atom is 0.387 e. The molecule has 0 spiro atoms. The average molecular weight is 577 g/mol. The maximum atomic E-state index is 13.1. The normalized spacial score (nSPS) is 23.4. The molecule has 8 nitrogen and oxygen atoms in total. The quantitative estimate of drug-likeness (QED) is 0.240. The number of aliphatic hydroxyl groups excluding tert-OH is 1. The third-order valence-corrected chi connectivity index (χ3v) is 9.00. The van der Waals surface area contributed by atoms with Gasteiger partial charge in [-0.25, -0.2) is 15.0 Å². The molecule has 4 aromatic rings. The van der Waals surface area contributed by atoms with Gasteiger partial charge in [0.15, 0.2) is 0 Å². The summed E-state index contributed by atoms with van der Waals surface area (Å²) in [4.78, 5) is 26.3. The average Bonchev–Trinajstić information content (AvgIpc) is 3.68. The lowest BCUT2D eigenvalue weighted by Crippen LogP contribution is -2.26. The topological polar surface area (TPSA) is 98.8 Å². The third kappa shape index (κ3) is 5.24. The summed E-state index contributed by atoms with van der Waals surface area (Å²) in [5.41, 5.74) is 4.21. The number of nitrogens with zero attached hydrogens (tertiary/aromatic N) is 4. The molecule has 3 heterocycles. The van der Waals surface area contributed by atoms with E-state index in [0.29, 0.717) is 35.7 Å². The molecule has 1 N–H and O–H groups in total. The number of para-hydroxylation sites is 1. The molecule has 1 saturated carbocycles. The number of benzene rings is 1. The summed E-state index contributed by atoms with van der Waals surface area (Å²) in [5, 5.41) is 10.8. The summed E-state index contributed by atoms with van der Waals surface area (Å²) >= 11 is 0. The first kappa shape index (κ1) is 28.2. The highest BCUT2D eigenvalue weighted by Gasteiger charge is 2.40. The molecular weight excluding hydrogens is 542 g/mol. The zero-order valence-electron chi connectivity index (χ0n) is 23.6. The van der Waals surface area contributed by atoms with E-state index in [1.807, 2.05) is 22.7 Å². The molecule has 2 aliphatic carbocycles. The molecule has 42 heavy (non-hydrogen) atoms. The number of pyridine rings is 1. The van der Waals surface area contributed by atoms with Gasteiger partial charge in [0.1, 0.15) is 17.2 Å². The van der Waals surface area contributed by atoms with E-state index in [0.717, 1.165) is 48.3 Å². The minimum atomic E-state index is -2.95. The first-order valence-electron chi connectivity index (χ1n) is 14.5. The molecule has 1 fully saturated rings. The molecule has 1 aromatic carbocycles. The van der Waals surface area contributed by atoms with Crippen LogP contribution >= 0.6 is 0 Å². The zero-order chi connectivity index (χ0) is 29.4. The van der Waals surface area contributed by atoms with E-state index in [-0.39, 0.29) is 29.5 Å². The number of esters is 1. The number of hydrogen-bond acceptors (Lipinski definition) is 7. The van der Waals surface area contributed by atoms with Crippen molar-refractivity contribution in [3.8, 4) is 16.9 Å². The molecular formula is C32H34F2N4O4. The van der Waals surface area contributed by atoms with Crippen LogP contribution < -0.4 is 4.74 Å². The molecule has 5 atom stereocenters. The Morgan fingerprint density at radius 1 is 1.10 bits per heavy atom. The van der Waals surface area contributed by atoms with Gasteiger partial charge < -0.3 is 19.0 Å². The smallest absolute Gasteiger partial charge is 0.387 e. The molecule has 220 valence electrons. The fourth-order valence-corrected chi connectivity index (χ4v) is 6.96. The van der Waals surface area contributed by atoms with Crippen molar-refractivity contribution in [2.45, 2.75) is 64.1 Å². The number of aliphatic hydroxyl groups is 1. The second kappa shape index (κ2) is 11.8. The lowest BCUT2D eigenvalue weighted by Gasteiger charge is -2.21. The Morgan fingerprint density at radius 3 is 2.60 bits per heavy atom. The van der Waals surface area contributed by atoms with Crippen LogP contribution in [0.2, 0.25) is 0 Å².